The van der Waals surface area contributed by atoms with Crippen LogP contribution in [0.2, 0.25) is 0 Å². The molecule has 4 rings (SSSR count). The fourth-order valence-electron chi connectivity index (χ4n) is 2.77. The Bertz CT molecular complexity index is 681. The molecule has 6 heteroatoms. The van der Waals surface area contributed by atoms with Crippen molar-refractivity contribution in [3.8, 4) is 0 Å². The van der Waals surface area contributed by atoms with Crippen LogP contribution in [0, 0.1) is 5.82 Å². The number of rotatable bonds is 4. The number of halogens is 1. The minimum Gasteiger partial charge on any atom is -0.371 e. The summed E-state index contributed by atoms with van der Waals surface area (Å²) in [7, 11) is 0. The van der Waals surface area contributed by atoms with Crippen LogP contribution in [-0.4, -0.2) is 29.7 Å². The van der Waals surface area contributed by atoms with Crippen molar-refractivity contribution in [3.05, 3.63) is 47.5 Å². The topological polar surface area (TPSA) is 59.1 Å². The first-order valence-corrected chi connectivity index (χ1v) is 8.01. The summed E-state index contributed by atoms with van der Waals surface area (Å²) in [5.41, 5.74) is 2.55. The van der Waals surface area contributed by atoms with Crippen molar-refractivity contribution in [2.45, 2.75) is 24.9 Å². The van der Waals surface area contributed by atoms with Gasteiger partial charge in [0.25, 0.3) is 0 Å². The van der Waals surface area contributed by atoms with Crippen LogP contribution in [0.1, 0.15) is 36.1 Å². The quantitative estimate of drug-likeness (QED) is 0.909. The van der Waals surface area contributed by atoms with Gasteiger partial charge < -0.3 is 15.4 Å². The van der Waals surface area contributed by atoms with Gasteiger partial charge in [0, 0.05) is 24.7 Å². The second kappa shape index (κ2) is 6.22. The largest absolute Gasteiger partial charge is 0.371 e. The number of aromatic nitrogens is 2. The molecule has 1 aliphatic heterocycles. The number of hydrogen-bond acceptors (Lipinski definition) is 5. The van der Waals surface area contributed by atoms with E-state index in [0.717, 1.165) is 43.8 Å². The van der Waals surface area contributed by atoms with Gasteiger partial charge in [-0.15, -0.1) is 0 Å². The van der Waals surface area contributed by atoms with Crippen LogP contribution < -0.4 is 10.6 Å². The van der Waals surface area contributed by atoms with E-state index < -0.39 is 0 Å². The summed E-state index contributed by atoms with van der Waals surface area (Å²) in [4.78, 5) is 8.33. The van der Waals surface area contributed by atoms with E-state index in [1.807, 2.05) is 24.3 Å². The van der Waals surface area contributed by atoms with E-state index in [9.17, 15) is 4.39 Å². The second-order valence-corrected chi connectivity index (χ2v) is 6.01. The third-order valence-corrected chi connectivity index (χ3v) is 4.20. The summed E-state index contributed by atoms with van der Waals surface area (Å²) < 4.78 is 19.4. The number of nitrogens with zero attached hydrogens (tertiary/aromatic N) is 2. The van der Waals surface area contributed by atoms with Gasteiger partial charge in [-0.1, -0.05) is 12.1 Å². The summed E-state index contributed by atoms with van der Waals surface area (Å²) in [6.45, 7) is 2.47. The average Bonchev–Trinajstić information content (AvgIpc) is 3.43. The summed E-state index contributed by atoms with van der Waals surface area (Å²) in [5, 5.41) is 6.46. The van der Waals surface area contributed by atoms with E-state index in [-0.39, 0.29) is 17.8 Å². The Morgan fingerprint density at radius 3 is 2.74 bits per heavy atom. The lowest BCUT2D eigenvalue weighted by Gasteiger charge is -2.24. The van der Waals surface area contributed by atoms with E-state index in [1.165, 1.54) is 6.20 Å². The monoisotopic (exact) mass is 314 g/mol. The third kappa shape index (κ3) is 3.33. The van der Waals surface area contributed by atoms with E-state index in [2.05, 4.69) is 20.6 Å². The molecular weight excluding hydrogens is 295 g/mol. The number of anilines is 2. The van der Waals surface area contributed by atoms with Crippen molar-refractivity contribution in [1.29, 1.82) is 0 Å². The molecule has 0 amide bonds. The van der Waals surface area contributed by atoms with Crippen LogP contribution >= 0.6 is 0 Å². The maximum absolute atomic E-state index is 13.7. The molecule has 2 aromatic rings. The lowest BCUT2D eigenvalue weighted by Crippen LogP contribution is -2.33. The van der Waals surface area contributed by atoms with Crippen LogP contribution in [-0.2, 0) is 4.74 Å². The third-order valence-electron chi connectivity index (χ3n) is 4.20. The molecule has 0 radical (unpaired) electrons. The fraction of sp³-hybridized carbons (Fsp3) is 0.412. The Labute approximate surface area is 134 Å². The number of hydrogen-bond donors (Lipinski definition) is 2. The highest BCUT2D eigenvalue weighted by molar-refractivity contribution is 5.54. The highest BCUT2D eigenvalue weighted by atomic mass is 19.1. The Hall–Kier alpha value is -2.05. The molecule has 23 heavy (non-hydrogen) atoms. The van der Waals surface area contributed by atoms with Crippen molar-refractivity contribution in [3.63, 3.8) is 0 Å². The number of ether oxygens (including phenoxy) is 1. The standard InChI is InChI=1S/C17H19FN4O/c18-14-9-20-17(22-16(14)12-1-2-12)21-13-5-3-11(4-6-13)15-10-19-7-8-23-15/h3-6,9,12,15,19H,1-2,7-8,10H2,(H,20,21,22). The zero-order chi connectivity index (χ0) is 15.6. The van der Waals surface area contributed by atoms with Gasteiger partial charge in [0.1, 0.15) is 0 Å². The second-order valence-electron chi connectivity index (χ2n) is 6.01. The SMILES string of the molecule is Fc1cnc(Nc2ccc(C3CNCCO3)cc2)nc1C1CC1. The Morgan fingerprint density at radius 1 is 1.22 bits per heavy atom. The minimum atomic E-state index is -0.310. The van der Waals surface area contributed by atoms with Crippen molar-refractivity contribution < 1.29 is 9.13 Å². The predicted molar refractivity (Wildman–Crippen MR) is 85.3 cm³/mol. The molecule has 1 atom stereocenters. The number of nitrogens with one attached hydrogen (secondary N) is 2. The van der Waals surface area contributed by atoms with Crippen molar-refractivity contribution in [2.24, 2.45) is 0 Å². The molecule has 2 N–H and O–H groups in total. The molecule has 120 valence electrons. The zero-order valence-electron chi connectivity index (χ0n) is 12.8. The van der Waals surface area contributed by atoms with Gasteiger partial charge in [-0.2, -0.15) is 0 Å². The Kier molecular flexibility index (Phi) is 3.93. The van der Waals surface area contributed by atoms with Crippen molar-refractivity contribution in [1.82, 2.24) is 15.3 Å². The first-order valence-electron chi connectivity index (χ1n) is 8.01. The van der Waals surface area contributed by atoms with Gasteiger partial charge in [0.15, 0.2) is 5.82 Å². The van der Waals surface area contributed by atoms with Gasteiger partial charge in [-0.3, -0.25) is 0 Å². The molecule has 5 nitrogen and oxygen atoms in total. The Balaban J connectivity index is 1.47. The number of benzene rings is 1. The van der Waals surface area contributed by atoms with E-state index in [0.29, 0.717) is 11.6 Å². The number of morpholine rings is 1. The lowest BCUT2D eigenvalue weighted by atomic mass is 10.1. The van der Waals surface area contributed by atoms with E-state index in [4.69, 9.17) is 4.74 Å². The van der Waals surface area contributed by atoms with E-state index >= 15 is 0 Å². The zero-order valence-corrected chi connectivity index (χ0v) is 12.8. The van der Waals surface area contributed by atoms with Gasteiger partial charge in [0.05, 0.1) is 24.6 Å². The molecule has 1 aliphatic carbocycles. The van der Waals surface area contributed by atoms with Crippen LogP contribution in [0.4, 0.5) is 16.0 Å². The summed E-state index contributed by atoms with van der Waals surface area (Å²) in [5.74, 6) is 0.392. The molecule has 1 aromatic heterocycles. The lowest BCUT2D eigenvalue weighted by molar-refractivity contribution is 0.0277. The molecule has 1 saturated carbocycles. The normalized spacial score (nSPS) is 21.2. The molecular formula is C17H19FN4O. The van der Waals surface area contributed by atoms with Crippen LogP contribution in [0.5, 0.6) is 0 Å². The first-order chi connectivity index (χ1) is 11.3. The maximum Gasteiger partial charge on any atom is 0.227 e. The van der Waals surface area contributed by atoms with Gasteiger partial charge in [-0.25, -0.2) is 14.4 Å². The van der Waals surface area contributed by atoms with Gasteiger partial charge in [0.2, 0.25) is 5.95 Å². The summed E-state index contributed by atoms with van der Waals surface area (Å²) in [6.07, 6.45) is 3.37. The predicted octanol–water partition coefficient (Wildman–Crippen LogP) is 2.90. The molecule has 1 aromatic carbocycles. The summed E-state index contributed by atoms with van der Waals surface area (Å²) in [6, 6.07) is 8.00. The van der Waals surface area contributed by atoms with Gasteiger partial charge in [-0.05, 0) is 30.5 Å². The molecule has 2 aliphatic rings. The van der Waals surface area contributed by atoms with Crippen LogP contribution in [0.15, 0.2) is 30.5 Å². The maximum atomic E-state index is 13.7. The molecule has 0 spiro atoms. The van der Waals surface area contributed by atoms with Crippen molar-refractivity contribution in [2.75, 3.05) is 25.0 Å². The molecule has 2 heterocycles. The smallest absolute Gasteiger partial charge is 0.227 e. The van der Waals surface area contributed by atoms with Crippen LogP contribution in [0.25, 0.3) is 0 Å². The molecule has 0 bridgehead atoms. The van der Waals surface area contributed by atoms with Crippen LogP contribution in [0.3, 0.4) is 0 Å². The van der Waals surface area contributed by atoms with E-state index in [1.54, 1.807) is 0 Å². The fourth-order valence-corrected chi connectivity index (χ4v) is 2.77. The minimum absolute atomic E-state index is 0.0985. The Morgan fingerprint density at radius 2 is 2.04 bits per heavy atom. The molecule has 2 fully saturated rings. The highest BCUT2D eigenvalue weighted by Crippen LogP contribution is 2.40. The highest BCUT2D eigenvalue weighted by Gasteiger charge is 2.28. The first kappa shape index (κ1) is 14.5. The summed E-state index contributed by atoms with van der Waals surface area (Å²) >= 11 is 0. The average molecular weight is 314 g/mol. The molecule has 1 saturated heterocycles. The molecule has 1 unspecified atom stereocenters. The van der Waals surface area contributed by atoms with Gasteiger partial charge >= 0.3 is 0 Å². The van der Waals surface area contributed by atoms with Crippen molar-refractivity contribution >= 4 is 11.6 Å².